The zero-order valence-electron chi connectivity index (χ0n) is 26.8. The Bertz CT molecular complexity index is 741. The van der Waals surface area contributed by atoms with E-state index in [1.54, 1.807) is 31.4 Å². The summed E-state index contributed by atoms with van der Waals surface area (Å²) in [6.07, 6.45) is 31.1. The third kappa shape index (κ3) is 29.0. The van der Waals surface area contributed by atoms with Crippen LogP contribution in [0.15, 0.2) is 30.3 Å². The minimum absolute atomic E-state index is 0.0169. The molecule has 0 unspecified atom stereocenters. The second-order valence-electron chi connectivity index (χ2n) is 11.1. The minimum atomic E-state index is -0.948. The normalized spacial score (nSPS) is 10.8. The first kappa shape index (κ1) is 38.7. The van der Waals surface area contributed by atoms with Gasteiger partial charge in [0.2, 0.25) is 0 Å². The number of carboxylic acid groups (broad SMARTS) is 1. The van der Waals surface area contributed by atoms with Crippen LogP contribution >= 0.6 is 0 Å². The highest BCUT2D eigenvalue weighted by molar-refractivity contribution is 5.85. The Morgan fingerprint density at radius 3 is 1.46 bits per heavy atom. The number of ether oxygens (including phenoxy) is 2. The van der Waals surface area contributed by atoms with Crippen molar-refractivity contribution in [2.45, 2.75) is 155 Å². The lowest BCUT2D eigenvalue weighted by molar-refractivity contribution is -0.144. The molecule has 0 amide bonds. The second-order valence-corrected chi connectivity index (χ2v) is 11.1. The Morgan fingerprint density at radius 2 is 1.05 bits per heavy atom. The minimum Gasteiger partial charge on any atom is -0.497 e. The summed E-state index contributed by atoms with van der Waals surface area (Å²) in [6, 6.07) is 7.14. The van der Waals surface area contributed by atoms with E-state index in [2.05, 4.69) is 13.8 Å². The Balaban J connectivity index is 0.00000102. The molecule has 0 atom stereocenters. The number of esters is 1. The van der Waals surface area contributed by atoms with Crippen LogP contribution in [0.5, 0.6) is 5.75 Å². The molecule has 5 nitrogen and oxygen atoms in total. The van der Waals surface area contributed by atoms with Gasteiger partial charge in [0, 0.05) is 12.5 Å². The van der Waals surface area contributed by atoms with Crippen molar-refractivity contribution in [2.24, 2.45) is 0 Å². The average Bonchev–Trinajstić information content (AvgIpc) is 2.98. The highest BCUT2D eigenvalue weighted by atomic mass is 16.5. The number of aliphatic carboxylic acids is 1. The Morgan fingerprint density at radius 1 is 0.634 bits per heavy atom. The van der Waals surface area contributed by atoms with Crippen LogP contribution in [-0.4, -0.2) is 30.8 Å². The third-order valence-electron chi connectivity index (χ3n) is 7.28. The summed E-state index contributed by atoms with van der Waals surface area (Å²) in [5, 5.41) is 8.36. The van der Waals surface area contributed by atoms with Gasteiger partial charge in [0.1, 0.15) is 5.75 Å². The first-order valence-electron chi connectivity index (χ1n) is 16.7. The van der Waals surface area contributed by atoms with Gasteiger partial charge >= 0.3 is 11.9 Å². The largest absolute Gasteiger partial charge is 0.497 e. The van der Waals surface area contributed by atoms with E-state index >= 15 is 0 Å². The van der Waals surface area contributed by atoms with E-state index in [0.29, 0.717) is 13.0 Å². The maximum Gasteiger partial charge on any atom is 0.328 e. The highest BCUT2D eigenvalue weighted by Crippen LogP contribution is 2.14. The van der Waals surface area contributed by atoms with Crippen LogP contribution < -0.4 is 4.74 Å². The van der Waals surface area contributed by atoms with Crippen molar-refractivity contribution in [3.05, 3.63) is 35.9 Å². The van der Waals surface area contributed by atoms with Crippen LogP contribution in [-0.2, 0) is 14.3 Å². The van der Waals surface area contributed by atoms with Gasteiger partial charge in [0.25, 0.3) is 0 Å². The molecule has 236 valence electrons. The lowest BCUT2D eigenvalue weighted by atomic mass is 10.0. The predicted molar refractivity (Wildman–Crippen MR) is 174 cm³/mol. The summed E-state index contributed by atoms with van der Waals surface area (Å²) >= 11 is 0. The summed E-state index contributed by atoms with van der Waals surface area (Å²) in [4.78, 5) is 21.9. The Labute approximate surface area is 252 Å². The average molecular weight is 575 g/mol. The van der Waals surface area contributed by atoms with Crippen molar-refractivity contribution in [2.75, 3.05) is 13.7 Å². The molecule has 1 N–H and O–H groups in total. The van der Waals surface area contributed by atoms with Gasteiger partial charge in [-0.1, -0.05) is 148 Å². The van der Waals surface area contributed by atoms with Crippen molar-refractivity contribution in [1.82, 2.24) is 0 Å². The van der Waals surface area contributed by atoms with Crippen molar-refractivity contribution in [1.29, 1.82) is 0 Å². The number of methoxy groups -OCH3 is 1. The van der Waals surface area contributed by atoms with Gasteiger partial charge in [-0.3, -0.25) is 4.79 Å². The summed E-state index contributed by atoms with van der Waals surface area (Å²) in [6.45, 7) is 5.15. The summed E-state index contributed by atoms with van der Waals surface area (Å²) in [7, 11) is 1.59. The molecular formula is C36H62O5. The summed E-state index contributed by atoms with van der Waals surface area (Å²) in [5.41, 5.74) is 0.836. The van der Waals surface area contributed by atoms with Gasteiger partial charge in [0.15, 0.2) is 0 Å². The topological polar surface area (TPSA) is 72.8 Å². The third-order valence-corrected chi connectivity index (χ3v) is 7.28. The number of carbonyl (C=O) groups is 2. The molecule has 1 aromatic carbocycles. The number of hydrogen-bond acceptors (Lipinski definition) is 4. The number of rotatable bonds is 26. The fraction of sp³-hybridized carbons (Fsp3) is 0.722. The lowest BCUT2D eigenvalue weighted by Gasteiger charge is -2.05. The smallest absolute Gasteiger partial charge is 0.328 e. The monoisotopic (exact) mass is 574 g/mol. The van der Waals surface area contributed by atoms with Crippen LogP contribution in [0.3, 0.4) is 0 Å². The summed E-state index contributed by atoms with van der Waals surface area (Å²) in [5.74, 6) is -0.174. The van der Waals surface area contributed by atoms with Crippen LogP contribution in [0.25, 0.3) is 6.08 Å². The second kappa shape index (κ2) is 30.7. The van der Waals surface area contributed by atoms with Gasteiger partial charge in [0.05, 0.1) is 13.7 Å². The van der Waals surface area contributed by atoms with E-state index in [4.69, 9.17) is 14.6 Å². The lowest BCUT2D eigenvalue weighted by Crippen LogP contribution is -2.05. The van der Waals surface area contributed by atoms with Gasteiger partial charge in [-0.15, -0.1) is 0 Å². The number of hydrogen-bond donors (Lipinski definition) is 1. The zero-order chi connectivity index (χ0) is 30.2. The van der Waals surface area contributed by atoms with Crippen LogP contribution in [0.1, 0.15) is 161 Å². The fourth-order valence-electron chi connectivity index (χ4n) is 4.66. The molecule has 0 bridgehead atoms. The van der Waals surface area contributed by atoms with Crippen molar-refractivity contribution >= 4 is 18.0 Å². The number of carbonyl (C=O) groups excluding carboxylic acids is 1. The molecule has 5 heteroatoms. The molecule has 0 radical (unpaired) electrons. The molecule has 0 aliphatic carbocycles. The van der Waals surface area contributed by atoms with Crippen molar-refractivity contribution in [3.8, 4) is 5.75 Å². The SMILES string of the molecule is CCCCCCCCCCCCCCCCCC(=O)OCCCCCCCC.COc1ccc(C=CC(=O)O)cc1. The van der Waals surface area contributed by atoms with Crippen molar-refractivity contribution in [3.63, 3.8) is 0 Å². The summed E-state index contributed by atoms with van der Waals surface area (Å²) < 4.78 is 10.3. The maximum absolute atomic E-state index is 11.7. The Hall–Kier alpha value is -2.30. The van der Waals surface area contributed by atoms with E-state index in [-0.39, 0.29) is 5.97 Å². The number of unbranched alkanes of at least 4 members (excludes halogenated alkanes) is 19. The van der Waals surface area contributed by atoms with Gasteiger partial charge in [-0.2, -0.15) is 0 Å². The quantitative estimate of drug-likeness (QED) is 0.0676. The van der Waals surface area contributed by atoms with E-state index in [1.807, 2.05) is 0 Å². The molecule has 0 saturated carbocycles. The Kier molecular flexibility index (Phi) is 28.9. The number of benzene rings is 1. The molecule has 1 aromatic rings. The van der Waals surface area contributed by atoms with E-state index in [0.717, 1.165) is 30.2 Å². The molecule has 1 rings (SSSR count). The molecule has 0 saturated heterocycles. The molecule has 0 aromatic heterocycles. The fourth-order valence-corrected chi connectivity index (χ4v) is 4.66. The standard InChI is InChI=1S/C26H52O2.C10H10O3/c1-3-5-7-9-11-12-13-14-15-16-17-18-19-20-22-24-26(27)28-25-23-21-10-8-6-4-2;1-13-9-5-2-8(3-6-9)4-7-10(11)12/h3-25H2,1-2H3;2-7H,1H3,(H,11,12). The van der Waals surface area contributed by atoms with Crippen molar-refractivity contribution < 1.29 is 24.2 Å². The number of carboxylic acids is 1. The van der Waals surface area contributed by atoms with Gasteiger partial charge in [-0.25, -0.2) is 4.79 Å². The van der Waals surface area contributed by atoms with E-state index in [1.165, 1.54) is 128 Å². The maximum atomic E-state index is 11.7. The molecule has 0 spiro atoms. The van der Waals surface area contributed by atoms with Crippen LogP contribution in [0.4, 0.5) is 0 Å². The first-order chi connectivity index (χ1) is 20.0. The molecule has 0 heterocycles. The molecule has 0 aliphatic heterocycles. The van der Waals surface area contributed by atoms with E-state index in [9.17, 15) is 9.59 Å². The highest BCUT2D eigenvalue weighted by Gasteiger charge is 2.02. The van der Waals surface area contributed by atoms with Crippen LogP contribution in [0.2, 0.25) is 0 Å². The van der Waals surface area contributed by atoms with Gasteiger partial charge < -0.3 is 14.6 Å². The first-order valence-corrected chi connectivity index (χ1v) is 16.7. The van der Waals surface area contributed by atoms with E-state index < -0.39 is 5.97 Å². The van der Waals surface area contributed by atoms with Crippen LogP contribution in [0, 0.1) is 0 Å². The molecule has 0 fully saturated rings. The zero-order valence-corrected chi connectivity index (χ0v) is 26.8. The molecular weight excluding hydrogens is 512 g/mol. The van der Waals surface area contributed by atoms with Gasteiger partial charge in [-0.05, 0) is 36.6 Å². The molecule has 0 aliphatic rings. The molecule has 41 heavy (non-hydrogen) atoms. The predicted octanol–water partition coefficient (Wildman–Crippen LogP) is 10.9.